The van der Waals surface area contributed by atoms with E-state index in [9.17, 15) is 13.2 Å². The van der Waals surface area contributed by atoms with Crippen LogP contribution in [0, 0.1) is 0 Å². The third kappa shape index (κ3) is 7.61. The highest BCUT2D eigenvalue weighted by atomic mass is 19.4. The van der Waals surface area contributed by atoms with Gasteiger partial charge in [0.15, 0.2) is 0 Å². The number of aliphatic hydroxyl groups is 1. The molecule has 1 atom stereocenters. The van der Waals surface area contributed by atoms with Gasteiger partial charge in [-0.3, -0.25) is 0 Å². The van der Waals surface area contributed by atoms with Crippen molar-refractivity contribution in [1.82, 2.24) is 0 Å². The number of rotatable bonds is 4. The summed E-state index contributed by atoms with van der Waals surface area (Å²) in [5, 5.41) is 8.67. The van der Waals surface area contributed by atoms with Gasteiger partial charge < -0.3 is 9.84 Å². The highest BCUT2D eigenvalue weighted by molar-refractivity contribution is 4.60. The van der Waals surface area contributed by atoms with Crippen molar-refractivity contribution >= 4 is 0 Å². The molecule has 11 heavy (non-hydrogen) atoms. The number of ether oxygens (including phenoxy) is 1. The van der Waals surface area contributed by atoms with Crippen molar-refractivity contribution in [2.45, 2.75) is 25.6 Å². The summed E-state index contributed by atoms with van der Waals surface area (Å²) in [6, 6.07) is 0. The molecule has 5 heteroatoms. The molecule has 1 N–H and O–H groups in total. The molecule has 2 nitrogen and oxygen atoms in total. The summed E-state index contributed by atoms with van der Waals surface area (Å²) in [4.78, 5) is 0. The third-order valence-corrected chi connectivity index (χ3v) is 0.981. The van der Waals surface area contributed by atoms with Crippen LogP contribution in [-0.2, 0) is 4.74 Å². The maximum absolute atomic E-state index is 11.5. The standard InChI is InChI=1S/C6H11F3O2/c1-2-11-4-5(10)3-6(7,8)9/h5,10H,2-4H2,1H3/t5-/m1/s1. The molecule has 0 spiro atoms. The Kier molecular flexibility index (Phi) is 4.44. The van der Waals surface area contributed by atoms with Crippen LogP contribution in [0.25, 0.3) is 0 Å². The number of aliphatic hydroxyl groups excluding tert-OH is 1. The second-order valence-electron chi connectivity index (χ2n) is 2.13. The molecule has 0 aliphatic rings. The average Bonchev–Trinajstić information content (AvgIpc) is 1.79. The van der Waals surface area contributed by atoms with Crippen LogP contribution >= 0.6 is 0 Å². The Labute approximate surface area is 63.0 Å². The summed E-state index contributed by atoms with van der Waals surface area (Å²) < 4.78 is 39.1. The van der Waals surface area contributed by atoms with Crippen LogP contribution in [-0.4, -0.2) is 30.6 Å². The Hall–Kier alpha value is -0.290. The lowest BCUT2D eigenvalue weighted by atomic mass is 10.3. The lowest BCUT2D eigenvalue weighted by molar-refractivity contribution is -0.159. The summed E-state index contributed by atoms with van der Waals surface area (Å²) in [6.07, 6.45) is -6.95. The number of halogens is 3. The first kappa shape index (κ1) is 10.7. The maximum atomic E-state index is 11.5. The molecule has 0 aliphatic heterocycles. The van der Waals surface area contributed by atoms with Gasteiger partial charge in [-0.1, -0.05) is 0 Å². The van der Waals surface area contributed by atoms with Gasteiger partial charge in [-0.15, -0.1) is 0 Å². The van der Waals surface area contributed by atoms with Gasteiger partial charge in [0, 0.05) is 6.61 Å². The van der Waals surface area contributed by atoms with E-state index in [2.05, 4.69) is 4.74 Å². The number of hydrogen-bond donors (Lipinski definition) is 1. The summed E-state index contributed by atoms with van der Waals surface area (Å²) in [6.45, 7) is 1.71. The van der Waals surface area contributed by atoms with E-state index in [4.69, 9.17) is 5.11 Å². The van der Waals surface area contributed by atoms with Crippen LogP contribution in [0.15, 0.2) is 0 Å². The lowest BCUT2D eigenvalue weighted by Gasteiger charge is -2.12. The van der Waals surface area contributed by atoms with Crippen molar-refractivity contribution in [2.24, 2.45) is 0 Å². The van der Waals surface area contributed by atoms with Gasteiger partial charge in [-0.2, -0.15) is 13.2 Å². The molecule has 0 bridgehead atoms. The molecule has 0 aromatic heterocycles. The van der Waals surface area contributed by atoms with E-state index in [0.29, 0.717) is 6.61 Å². The van der Waals surface area contributed by atoms with Crippen LogP contribution in [0.1, 0.15) is 13.3 Å². The maximum Gasteiger partial charge on any atom is 0.391 e. The number of hydrogen-bond acceptors (Lipinski definition) is 2. The van der Waals surface area contributed by atoms with Crippen molar-refractivity contribution in [3.05, 3.63) is 0 Å². The molecule has 0 heterocycles. The van der Waals surface area contributed by atoms with Gasteiger partial charge in [0.25, 0.3) is 0 Å². The largest absolute Gasteiger partial charge is 0.391 e. The van der Waals surface area contributed by atoms with E-state index in [0.717, 1.165) is 0 Å². The van der Waals surface area contributed by atoms with E-state index in [1.165, 1.54) is 0 Å². The minimum absolute atomic E-state index is 0.254. The molecule has 68 valence electrons. The molecule has 0 aromatic carbocycles. The first-order valence-electron chi connectivity index (χ1n) is 3.28. The van der Waals surface area contributed by atoms with E-state index in [1.807, 2.05) is 0 Å². The van der Waals surface area contributed by atoms with E-state index < -0.39 is 18.7 Å². The monoisotopic (exact) mass is 172 g/mol. The molecular formula is C6H11F3O2. The third-order valence-electron chi connectivity index (χ3n) is 0.981. The van der Waals surface area contributed by atoms with E-state index in [-0.39, 0.29) is 6.61 Å². The molecule has 0 radical (unpaired) electrons. The summed E-state index contributed by atoms with van der Waals surface area (Å²) >= 11 is 0. The predicted molar refractivity (Wildman–Crippen MR) is 33.2 cm³/mol. The molecular weight excluding hydrogens is 161 g/mol. The number of alkyl halides is 3. The Morgan fingerprint density at radius 1 is 1.45 bits per heavy atom. The molecule has 0 saturated carbocycles. The molecule has 0 fully saturated rings. The zero-order chi connectivity index (χ0) is 8.91. The fourth-order valence-electron chi connectivity index (χ4n) is 0.580. The Bertz CT molecular complexity index is 102. The molecule has 0 aromatic rings. The SMILES string of the molecule is CCOC[C@H](O)CC(F)(F)F. The van der Waals surface area contributed by atoms with Gasteiger partial charge in [0.2, 0.25) is 0 Å². The van der Waals surface area contributed by atoms with Crippen molar-refractivity contribution in [3.63, 3.8) is 0 Å². The minimum Gasteiger partial charge on any atom is -0.390 e. The van der Waals surface area contributed by atoms with E-state index >= 15 is 0 Å². The Balaban J connectivity index is 3.44. The summed E-state index contributed by atoms with van der Waals surface area (Å²) in [7, 11) is 0. The zero-order valence-electron chi connectivity index (χ0n) is 6.19. The van der Waals surface area contributed by atoms with Gasteiger partial charge in [0.1, 0.15) is 0 Å². The van der Waals surface area contributed by atoms with Gasteiger partial charge in [-0.25, -0.2) is 0 Å². The minimum atomic E-state index is -4.31. The van der Waals surface area contributed by atoms with Crippen molar-refractivity contribution in [1.29, 1.82) is 0 Å². The Morgan fingerprint density at radius 3 is 2.36 bits per heavy atom. The summed E-state index contributed by atoms with van der Waals surface area (Å²) in [5.41, 5.74) is 0. The van der Waals surface area contributed by atoms with Crippen LogP contribution in [0.4, 0.5) is 13.2 Å². The van der Waals surface area contributed by atoms with E-state index in [1.54, 1.807) is 6.92 Å². The lowest BCUT2D eigenvalue weighted by Crippen LogP contribution is -2.23. The normalized spacial score (nSPS) is 15.0. The fourth-order valence-corrected chi connectivity index (χ4v) is 0.580. The van der Waals surface area contributed by atoms with Crippen LogP contribution < -0.4 is 0 Å². The smallest absolute Gasteiger partial charge is 0.390 e. The van der Waals surface area contributed by atoms with Crippen molar-refractivity contribution in [2.75, 3.05) is 13.2 Å². The molecule has 0 aliphatic carbocycles. The van der Waals surface area contributed by atoms with Gasteiger partial charge in [-0.05, 0) is 6.92 Å². The van der Waals surface area contributed by atoms with Crippen LogP contribution in [0.2, 0.25) is 0 Å². The van der Waals surface area contributed by atoms with Crippen molar-refractivity contribution in [3.8, 4) is 0 Å². The first-order chi connectivity index (χ1) is 4.95. The van der Waals surface area contributed by atoms with Crippen LogP contribution in [0.3, 0.4) is 0 Å². The van der Waals surface area contributed by atoms with Crippen LogP contribution in [0.5, 0.6) is 0 Å². The topological polar surface area (TPSA) is 29.5 Å². The molecule has 0 amide bonds. The molecule has 0 unspecified atom stereocenters. The quantitative estimate of drug-likeness (QED) is 0.693. The first-order valence-corrected chi connectivity index (χ1v) is 3.28. The second kappa shape index (κ2) is 4.56. The average molecular weight is 172 g/mol. The summed E-state index contributed by atoms with van der Waals surface area (Å²) in [5.74, 6) is 0. The molecule has 0 rings (SSSR count). The second-order valence-corrected chi connectivity index (χ2v) is 2.13. The molecule has 0 saturated heterocycles. The van der Waals surface area contributed by atoms with Gasteiger partial charge >= 0.3 is 6.18 Å². The predicted octanol–water partition coefficient (Wildman–Crippen LogP) is 1.34. The fraction of sp³-hybridized carbons (Fsp3) is 1.00. The highest BCUT2D eigenvalue weighted by Crippen LogP contribution is 2.21. The zero-order valence-corrected chi connectivity index (χ0v) is 6.19. The highest BCUT2D eigenvalue weighted by Gasteiger charge is 2.30. The Morgan fingerprint density at radius 2 is 2.00 bits per heavy atom. The van der Waals surface area contributed by atoms with Gasteiger partial charge in [0.05, 0.1) is 19.1 Å². The van der Waals surface area contributed by atoms with Crippen molar-refractivity contribution < 1.29 is 23.0 Å².